The molecule has 5 nitrogen and oxygen atoms in total. The van der Waals surface area contributed by atoms with Crippen LogP contribution in [-0.4, -0.2) is 30.9 Å². The Morgan fingerprint density at radius 2 is 1.70 bits per heavy atom. The molecule has 2 aromatic carbocycles. The molecule has 0 saturated carbocycles. The molecule has 146 valence electrons. The van der Waals surface area contributed by atoms with E-state index >= 15 is 0 Å². The number of nitrogens with zero attached hydrogens (tertiary/aromatic N) is 1. The Morgan fingerprint density at radius 1 is 1.07 bits per heavy atom. The minimum Gasteiger partial charge on any atom is -0.358 e. The summed E-state index contributed by atoms with van der Waals surface area (Å²) in [5.41, 5.74) is 3.69. The number of nitrogens with one attached hydrogen (secondary N) is 2. The average molecular weight is 406 g/mol. The number of hydrogen-bond acceptors (Lipinski definition) is 3. The van der Waals surface area contributed by atoms with Gasteiger partial charge in [-0.05, 0) is 54.9 Å². The molecule has 0 aliphatic rings. The van der Waals surface area contributed by atoms with Gasteiger partial charge in [-0.15, -0.1) is 0 Å². The van der Waals surface area contributed by atoms with Crippen molar-refractivity contribution in [2.45, 2.75) is 39.1 Å². The fourth-order valence-corrected chi connectivity index (χ4v) is 4.51. The molecule has 0 saturated heterocycles. The van der Waals surface area contributed by atoms with Crippen molar-refractivity contribution in [3.8, 4) is 0 Å². The van der Waals surface area contributed by atoms with E-state index < -0.39 is 10.0 Å². The molecule has 0 heterocycles. The van der Waals surface area contributed by atoms with Crippen LogP contribution in [0.5, 0.6) is 0 Å². The summed E-state index contributed by atoms with van der Waals surface area (Å²) in [7, 11) is -3.52. The molecule has 2 aromatic rings. The third-order valence-corrected chi connectivity index (χ3v) is 6.80. The third-order valence-electron chi connectivity index (χ3n) is 4.53. The molecule has 0 bridgehead atoms. The van der Waals surface area contributed by atoms with Crippen molar-refractivity contribution in [1.29, 1.82) is 0 Å². The molecule has 27 heavy (non-hydrogen) atoms. The fourth-order valence-electron chi connectivity index (χ4n) is 2.76. The second-order valence-corrected chi connectivity index (χ2v) is 8.64. The van der Waals surface area contributed by atoms with Gasteiger partial charge in [0, 0.05) is 25.3 Å². The van der Waals surface area contributed by atoms with Crippen LogP contribution < -0.4 is 10.6 Å². The lowest BCUT2D eigenvalue weighted by atomic mass is 10.1. The lowest BCUT2D eigenvalue weighted by Gasteiger charge is -2.21. The van der Waals surface area contributed by atoms with Crippen LogP contribution >= 0.6 is 12.2 Å². The minimum absolute atomic E-state index is 0.280. The molecule has 0 aliphatic carbocycles. The highest BCUT2D eigenvalue weighted by molar-refractivity contribution is 7.89. The van der Waals surface area contributed by atoms with Gasteiger partial charge in [-0.2, -0.15) is 4.31 Å². The first kappa shape index (κ1) is 21.3. The first-order chi connectivity index (χ1) is 12.8. The predicted molar refractivity (Wildman–Crippen MR) is 116 cm³/mol. The van der Waals surface area contributed by atoms with Crippen molar-refractivity contribution in [3.05, 3.63) is 59.2 Å². The van der Waals surface area contributed by atoms with Gasteiger partial charge in [0.05, 0.1) is 4.90 Å². The summed E-state index contributed by atoms with van der Waals surface area (Å²) < 4.78 is 27.2. The second-order valence-electron chi connectivity index (χ2n) is 6.30. The van der Waals surface area contributed by atoms with E-state index in [9.17, 15) is 8.42 Å². The lowest BCUT2D eigenvalue weighted by Crippen LogP contribution is -2.31. The highest BCUT2D eigenvalue weighted by Gasteiger charge is 2.23. The zero-order valence-electron chi connectivity index (χ0n) is 16.2. The Morgan fingerprint density at radius 3 is 2.30 bits per heavy atom. The van der Waals surface area contributed by atoms with Crippen molar-refractivity contribution < 1.29 is 8.42 Å². The molecular formula is C20H27N3O2S2. The molecule has 0 fully saturated rings. The zero-order valence-corrected chi connectivity index (χ0v) is 17.9. The summed E-state index contributed by atoms with van der Waals surface area (Å²) in [6.45, 7) is 9.00. The van der Waals surface area contributed by atoms with Crippen LogP contribution in [0, 0.1) is 13.8 Å². The Balaban J connectivity index is 2.21. The lowest BCUT2D eigenvalue weighted by molar-refractivity contribution is 0.445. The van der Waals surface area contributed by atoms with Gasteiger partial charge in [0.1, 0.15) is 0 Å². The molecule has 0 atom stereocenters. The van der Waals surface area contributed by atoms with Gasteiger partial charge in [0.25, 0.3) is 0 Å². The maximum atomic E-state index is 12.9. The molecule has 0 spiro atoms. The van der Waals surface area contributed by atoms with Crippen molar-refractivity contribution in [2.24, 2.45) is 0 Å². The van der Waals surface area contributed by atoms with E-state index in [0.29, 0.717) is 30.4 Å². The zero-order chi connectivity index (χ0) is 20.0. The van der Waals surface area contributed by atoms with Crippen LogP contribution in [0.25, 0.3) is 0 Å². The van der Waals surface area contributed by atoms with E-state index in [1.807, 2.05) is 58.0 Å². The van der Waals surface area contributed by atoms with Crippen molar-refractivity contribution in [1.82, 2.24) is 9.62 Å². The van der Waals surface area contributed by atoms with E-state index in [4.69, 9.17) is 12.2 Å². The summed E-state index contributed by atoms with van der Waals surface area (Å²) in [4.78, 5) is 0.280. The van der Waals surface area contributed by atoms with E-state index in [2.05, 4.69) is 10.6 Å². The first-order valence-corrected chi connectivity index (χ1v) is 10.8. The summed E-state index contributed by atoms with van der Waals surface area (Å²) in [5, 5.41) is 6.76. The maximum absolute atomic E-state index is 12.9. The Bertz CT molecular complexity index is 893. The van der Waals surface area contributed by atoms with Gasteiger partial charge in [0.15, 0.2) is 5.11 Å². The van der Waals surface area contributed by atoms with Crippen molar-refractivity contribution >= 4 is 33.0 Å². The number of benzene rings is 2. The smallest absolute Gasteiger partial charge is 0.243 e. The molecule has 7 heteroatoms. The van der Waals surface area contributed by atoms with Gasteiger partial charge < -0.3 is 10.6 Å². The van der Waals surface area contributed by atoms with Gasteiger partial charge in [0.2, 0.25) is 10.0 Å². The highest BCUT2D eigenvalue weighted by Crippen LogP contribution is 2.26. The van der Waals surface area contributed by atoms with Crippen LogP contribution in [0.2, 0.25) is 0 Å². The summed E-state index contributed by atoms with van der Waals surface area (Å²) in [6, 6.07) is 13.3. The van der Waals surface area contributed by atoms with Gasteiger partial charge in [-0.1, -0.05) is 44.2 Å². The largest absolute Gasteiger partial charge is 0.358 e. The molecule has 2 rings (SSSR count). The molecule has 0 radical (unpaired) electrons. The highest BCUT2D eigenvalue weighted by atomic mass is 32.2. The predicted octanol–water partition coefficient (Wildman–Crippen LogP) is 3.82. The second kappa shape index (κ2) is 9.30. The van der Waals surface area contributed by atoms with Crippen LogP contribution in [0.4, 0.5) is 5.69 Å². The van der Waals surface area contributed by atoms with Crippen molar-refractivity contribution in [2.75, 3.05) is 18.4 Å². The Labute approximate surface area is 167 Å². The van der Waals surface area contributed by atoms with E-state index in [1.165, 1.54) is 4.31 Å². The quantitative estimate of drug-likeness (QED) is 0.686. The topological polar surface area (TPSA) is 61.4 Å². The standard InChI is InChI=1S/C20H27N3O2S2/c1-5-23(6-2)27(24,25)18-12-15(3)16(4)19(13-18)22-20(26)21-14-17-10-8-7-9-11-17/h7-13H,5-6,14H2,1-4H3,(H2,21,22,26). The molecule has 0 amide bonds. The Hall–Kier alpha value is -1.96. The molecule has 0 unspecified atom stereocenters. The number of hydrogen-bond donors (Lipinski definition) is 2. The number of aryl methyl sites for hydroxylation is 1. The normalized spacial score (nSPS) is 11.4. The summed E-state index contributed by atoms with van der Waals surface area (Å²) >= 11 is 5.39. The minimum atomic E-state index is -3.52. The maximum Gasteiger partial charge on any atom is 0.243 e. The Kier molecular flexibility index (Phi) is 7.35. The van der Waals surface area contributed by atoms with Crippen LogP contribution in [0.3, 0.4) is 0 Å². The van der Waals surface area contributed by atoms with Crippen LogP contribution in [0.15, 0.2) is 47.4 Å². The van der Waals surface area contributed by atoms with Gasteiger partial charge in [-0.25, -0.2) is 8.42 Å². The molecule has 0 aliphatic heterocycles. The summed E-state index contributed by atoms with van der Waals surface area (Å²) in [5.74, 6) is 0. The van der Waals surface area contributed by atoms with E-state index in [-0.39, 0.29) is 4.90 Å². The van der Waals surface area contributed by atoms with Crippen LogP contribution in [0.1, 0.15) is 30.5 Å². The molecule has 2 N–H and O–H groups in total. The first-order valence-electron chi connectivity index (χ1n) is 8.99. The van der Waals surface area contributed by atoms with Crippen molar-refractivity contribution in [3.63, 3.8) is 0 Å². The SMILES string of the molecule is CCN(CC)S(=O)(=O)c1cc(C)c(C)c(NC(=S)NCc2ccccc2)c1. The van der Waals surface area contributed by atoms with Crippen LogP contribution in [-0.2, 0) is 16.6 Å². The number of thiocarbonyl (C=S) groups is 1. The van der Waals surface area contributed by atoms with Gasteiger partial charge in [-0.3, -0.25) is 0 Å². The monoisotopic (exact) mass is 405 g/mol. The number of anilines is 1. The average Bonchev–Trinajstić information content (AvgIpc) is 2.65. The fraction of sp³-hybridized carbons (Fsp3) is 0.350. The number of sulfonamides is 1. The van der Waals surface area contributed by atoms with Gasteiger partial charge >= 0.3 is 0 Å². The number of rotatable bonds is 7. The van der Waals surface area contributed by atoms with E-state index in [1.54, 1.807) is 12.1 Å². The molecule has 0 aromatic heterocycles. The summed E-state index contributed by atoms with van der Waals surface area (Å²) in [6.07, 6.45) is 0. The van der Waals surface area contributed by atoms with E-state index in [0.717, 1.165) is 16.7 Å². The molecular weight excluding hydrogens is 378 g/mol. The third kappa shape index (κ3) is 5.28.